The summed E-state index contributed by atoms with van der Waals surface area (Å²) in [6.45, 7) is 6.14. The number of esters is 1. The first-order valence-electron chi connectivity index (χ1n) is 7.10. The van der Waals surface area contributed by atoms with E-state index in [9.17, 15) is 4.79 Å². The Labute approximate surface area is 126 Å². The van der Waals surface area contributed by atoms with Crippen LogP contribution < -0.4 is 0 Å². The van der Waals surface area contributed by atoms with Crippen molar-refractivity contribution in [2.24, 2.45) is 0 Å². The molecule has 0 bridgehead atoms. The first-order chi connectivity index (χ1) is 9.91. The maximum Gasteiger partial charge on any atom is 0.486 e. The van der Waals surface area contributed by atoms with Crippen molar-refractivity contribution in [1.29, 1.82) is 0 Å². The van der Waals surface area contributed by atoms with Gasteiger partial charge < -0.3 is 14.0 Å². The molecule has 1 unspecified atom stereocenters. The molecule has 0 radical (unpaired) electrons. The number of ether oxygens (including phenoxy) is 1. The minimum atomic E-state index is -0.408. The van der Waals surface area contributed by atoms with Gasteiger partial charge >= 0.3 is 13.1 Å². The molecule has 1 fully saturated rings. The maximum atomic E-state index is 11.7. The second kappa shape index (κ2) is 6.45. The lowest BCUT2D eigenvalue weighted by atomic mass is 9.82. The van der Waals surface area contributed by atoms with Gasteiger partial charge in [-0.1, -0.05) is 30.3 Å². The molecule has 1 atom stereocenters. The standard InChI is InChI=1S/C16H21BO4/c1-12-11-16(2,3)21-17(20-12)10-9-13-7-5-6-8-14(13)15(18)19-4/h5-10,12H,11H2,1-4H3/b10-9+. The molecule has 1 aromatic carbocycles. The molecule has 0 spiro atoms. The Morgan fingerprint density at radius 3 is 2.81 bits per heavy atom. The van der Waals surface area contributed by atoms with Crippen LogP contribution in [0.25, 0.3) is 6.08 Å². The predicted molar refractivity (Wildman–Crippen MR) is 82.9 cm³/mol. The SMILES string of the molecule is COC(=O)c1ccccc1/C=C/B1OC(C)CC(C)(C)O1. The van der Waals surface area contributed by atoms with E-state index >= 15 is 0 Å². The van der Waals surface area contributed by atoms with E-state index in [1.165, 1.54) is 7.11 Å². The topological polar surface area (TPSA) is 44.8 Å². The molecular weight excluding hydrogens is 267 g/mol. The Morgan fingerprint density at radius 2 is 2.14 bits per heavy atom. The summed E-state index contributed by atoms with van der Waals surface area (Å²) in [5, 5.41) is 0. The first-order valence-corrected chi connectivity index (χ1v) is 7.10. The van der Waals surface area contributed by atoms with Crippen LogP contribution in [0, 0.1) is 0 Å². The average Bonchev–Trinajstić information content (AvgIpc) is 2.42. The molecule has 0 aromatic heterocycles. The van der Waals surface area contributed by atoms with Crippen LogP contribution in [0.1, 0.15) is 43.1 Å². The summed E-state index contributed by atoms with van der Waals surface area (Å²) in [4.78, 5) is 11.7. The van der Waals surface area contributed by atoms with Crippen molar-refractivity contribution in [3.8, 4) is 0 Å². The Hall–Kier alpha value is -1.59. The minimum Gasteiger partial charge on any atom is -0.465 e. The third-order valence-corrected chi connectivity index (χ3v) is 3.38. The highest BCUT2D eigenvalue weighted by Gasteiger charge is 2.35. The van der Waals surface area contributed by atoms with Crippen LogP contribution in [0.15, 0.2) is 30.2 Å². The van der Waals surface area contributed by atoms with Crippen LogP contribution >= 0.6 is 0 Å². The van der Waals surface area contributed by atoms with Crippen LogP contribution in [-0.4, -0.2) is 31.9 Å². The predicted octanol–water partition coefficient (Wildman–Crippen LogP) is 3.12. The Kier molecular flexibility index (Phi) is 4.86. The van der Waals surface area contributed by atoms with E-state index in [1.807, 2.05) is 37.2 Å². The van der Waals surface area contributed by atoms with Crippen molar-refractivity contribution >= 4 is 19.2 Å². The molecule has 2 rings (SSSR count). The molecule has 0 amide bonds. The lowest BCUT2D eigenvalue weighted by Gasteiger charge is -2.37. The van der Waals surface area contributed by atoms with Crippen LogP contribution in [0.5, 0.6) is 0 Å². The average molecular weight is 288 g/mol. The number of carbonyl (C=O) groups is 1. The van der Waals surface area contributed by atoms with Gasteiger partial charge in [0.25, 0.3) is 0 Å². The smallest absolute Gasteiger partial charge is 0.465 e. The molecule has 4 nitrogen and oxygen atoms in total. The summed E-state index contributed by atoms with van der Waals surface area (Å²) in [6.07, 6.45) is 2.83. The summed E-state index contributed by atoms with van der Waals surface area (Å²) in [6, 6.07) is 7.28. The normalized spacial score (nSPS) is 21.5. The fourth-order valence-electron chi connectivity index (χ4n) is 2.56. The lowest BCUT2D eigenvalue weighted by Crippen LogP contribution is -2.45. The number of hydrogen-bond acceptors (Lipinski definition) is 4. The van der Waals surface area contributed by atoms with E-state index in [-0.39, 0.29) is 17.7 Å². The second-order valence-corrected chi connectivity index (χ2v) is 5.83. The van der Waals surface area contributed by atoms with Gasteiger partial charge in [-0.05, 0) is 38.8 Å². The van der Waals surface area contributed by atoms with Crippen molar-refractivity contribution in [2.45, 2.75) is 38.9 Å². The zero-order chi connectivity index (χ0) is 15.5. The quantitative estimate of drug-likeness (QED) is 0.633. The van der Waals surface area contributed by atoms with Gasteiger partial charge in [-0.25, -0.2) is 4.79 Å². The third kappa shape index (κ3) is 4.19. The second-order valence-electron chi connectivity index (χ2n) is 5.83. The lowest BCUT2D eigenvalue weighted by molar-refractivity contribution is -0.0235. The largest absolute Gasteiger partial charge is 0.486 e. The molecule has 5 heteroatoms. The number of rotatable bonds is 3. The van der Waals surface area contributed by atoms with Gasteiger partial charge in [0.2, 0.25) is 0 Å². The number of methoxy groups -OCH3 is 1. The van der Waals surface area contributed by atoms with Crippen molar-refractivity contribution in [1.82, 2.24) is 0 Å². The molecule has 1 aliphatic rings. The van der Waals surface area contributed by atoms with E-state index < -0.39 is 7.12 Å². The third-order valence-electron chi connectivity index (χ3n) is 3.38. The number of hydrogen-bond donors (Lipinski definition) is 0. The molecule has 1 aliphatic heterocycles. The van der Waals surface area contributed by atoms with Crippen molar-refractivity contribution < 1.29 is 18.8 Å². The summed E-state index contributed by atoms with van der Waals surface area (Å²) in [7, 11) is 0.967. The maximum absolute atomic E-state index is 11.7. The van der Waals surface area contributed by atoms with Crippen molar-refractivity contribution in [3.05, 3.63) is 41.4 Å². The molecule has 1 aromatic rings. The van der Waals surface area contributed by atoms with Crippen molar-refractivity contribution in [3.63, 3.8) is 0 Å². The molecule has 0 N–H and O–H groups in total. The van der Waals surface area contributed by atoms with Crippen molar-refractivity contribution in [2.75, 3.05) is 7.11 Å². The van der Waals surface area contributed by atoms with Gasteiger partial charge in [0, 0.05) is 6.10 Å². The molecule has 0 saturated carbocycles. The van der Waals surface area contributed by atoms with Gasteiger partial charge in [-0.3, -0.25) is 0 Å². The van der Waals surface area contributed by atoms with E-state index in [1.54, 1.807) is 6.07 Å². The fourth-order valence-corrected chi connectivity index (χ4v) is 2.56. The first kappa shape index (κ1) is 15.8. The van der Waals surface area contributed by atoms with E-state index in [2.05, 4.69) is 13.8 Å². The molecular formula is C16H21BO4. The van der Waals surface area contributed by atoms with E-state index in [0.29, 0.717) is 5.56 Å². The highest BCUT2D eigenvalue weighted by molar-refractivity contribution is 6.52. The van der Waals surface area contributed by atoms with E-state index in [0.717, 1.165) is 12.0 Å². The van der Waals surface area contributed by atoms with Crippen LogP contribution in [0.2, 0.25) is 0 Å². The summed E-state index contributed by atoms with van der Waals surface area (Å²) >= 11 is 0. The summed E-state index contributed by atoms with van der Waals surface area (Å²) in [5.41, 5.74) is 1.10. The molecule has 21 heavy (non-hydrogen) atoms. The zero-order valence-corrected chi connectivity index (χ0v) is 13.0. The summed E-state index contributed by atoms with van der Waals surface area (Å²) in [5.74, 6) is 1.48. The fraction of sp³-hybridized carbons (Fsp3) is 0.438. The highest BCUT2D eigenvalue weighted by atomic mass is 16.6. The van der Waals surface area contributed by atoms with Gasteiger partial charge in [-0.2, -0.15) is 0 Å². The Bertz CT molecular complexity index is 539. The molecule has 1 saturated heterocycles. The van der Waals surface area contributed by atoms with Crippen LogP contribution in [0.3, 0.4) is 0 Å². The Balaban J connectivity index is 2.16. The zero-order valence-electron chi connectivity index (χ0n) is 13.0. The van der Waals surface area contributed by atoms with Gasteiger partial charge in [-0.15, -0.1) is 0 Å². The van der Waals surface area contributed by atoms with Crippen LogP contribution in [0.4, 0.5) is 0 Å². The van der Waals surface area contributed by atoms with E-state index in [4.69, 9.17) is 14.0 Å². The number of carbonyl (C=O) groups excluding carboxylic acids is 1. The molecule has 1 heterocycles. The summed E-state index contributed by atoms with van der Waals surface area (Å²) < 4.78 is 16.4. The monoisotopic (exact) mass is 288 g/mol. The number of benzene rings is 1. The molecule has 112 valence electrons. The Morgan fingerprint density at radius 1 is 1.43 bits per heavy atom. The van der Waals surface area contributed by atoms with Gasteiger partial charge in [0.1, 0.15) is 0 Å². The van der Waals surface area contributed by atoms with Gasteiger partial charge in [0.15, 0.2) is 0 Å². The minimum absolute atomic E-state index is 0.138. The highest BCUT2D eigenvalue weighted by Crippen LogP contribution is 2.26. The van der Waals surface area contributed by atoms with Crippen LogP contribution in [-0.2, 0) is 14.0 Å². The van der Waals surface area contributed by atoms with Gasteiger partial charge in [0.05, 0.1) is 18.3 Å². The molecule has 0 aliphatic carbocycles.